The minimum atomic E-state index is -2.76. The summed E-state index contributed by atoms with van der Waals surface area (Å²) in [6, 6.07) is 11.3. The molecule has 246 valence electrons. The van der Waals surface area contributed by atoms with Gasteiger partial charge in [-0.25, -0.2) is 15.4 Å². The summed E-state index contributed by atoms with van der Waals surface area (Å²) < 4.78 is 34.2. The second kappa shape index (κ2) is 14.6. The molecule has 14 heteroatoms. The van der Waals surface area contributed by atoms with Crippen LogP contribution in [0.15, 0.2) is 49.1 Å². The summed E-state index contributed by atoms with van der Waals surface area (Å²) in [7, 11) is 1.67. The molecule has 1 amide bonds. The number of fused-ring (bicyclic) bond motifs is 2. The molecule has 0 spiro atoms. The van der Waals surface area contributed by atoms with Gasteiger partial charge in [0.25, 0.3) is 5.92 Å². The molecule has 2 atom stereocenters. The smallest absolute Gasteiger partial charge is 0.318 e. The molecule has 3 aromatic rings. The van der Waals surface area contributed by atoms with Crippen LogP contribution < -0.4 is 14.5 Å². The van der Waals surface area contributed by atoms with Crippen molar-refractivity contribution in [2.45, 2.75) is 37.4 Å². The summed E-state index contributed by atoms with van der Waals surface area (Å²) in [4.78, 5) is 33.4. The lowest BCUT2D eigenvalue weighted by Gasteiger charge is -2.41. The number of carbonyl (C=O) groups excluding carboxylic acids is 1. The van der Waals surface area contributed by atoms with Crippen LogP contribution in [0, 0.1) is 6.57 Å². The fourth-order valence-electron chi connectivity index (χ4n) is 6.59. The number of aromatic nitrogens is 2. The Morgan fingerprint density at radius 2 is 1.91 bits per heavy atom. The summed E-state index contributed by atoms with van der Waals surface area (Å²) in [5.41, 5.74) is 2.77. The Hall–Kier alpha value is -3.31. The van der Waals surface area contributed by atoms with Gasteiger partial charge in [0.05, 0.1) is 23.8 Å². The van der Waals surface area contributed by atoms with Gasteiger partial charge in [-0.2, -0.15) is 37.0 Å². The van der Waals surface area contributed by atoms with Gasteiger partial charge in [-0.05, 0) is 37.1 Å². The average Bonchev–Trinajstić information content (AvgIpc) is 3.29. The first-order valence-electron chi connectivity index (χ1n) is 14.7. The highest BCUT2D eigenvalue weighted by Gasteiger charge is 2.43. The summed E-state index contributed by atoms with van der Waals surface area (Å²) in [6.45, 7) is 13.5. The number of anilines is 2. The number of rotatable bonds is 7. The Morgan fingerprint density at radius 1 is 1.15 bits per heavy atom. The zero-order valence-electron chi connectivity index (χ0n) is 25.6. The second-order valence-corrected chi connectivity index (χ2v) is 12.1. The van der Waals surface area contributed by atoms with E-state index in [9.17, 15) is 13.6 Å². The number of likely N-dealkylation sites (tertiary alicyclic amines) is 1. The van der Waals surface area contributed by atoms with E-state index < -0.39 is 12.0 Å². The number of likely N-dealkylation sites (N-methyl/N-ethyl adjacent to an activating group) is 1. The Balaban J connectivity index is 0.00000240. The molecule has 0 N–H and O–H groups in total. The largest absolute Gasteiger partial charge is 0.462 e. The van der Waals surface area contributed by atoms with E-state index in [2.05, 4.69) is 27.3 Å². The summed E-state index contributed by atoms with van der Waals surface area (Å²) in [5, 5.41) is 2.69. The molecule has 4 heterocycles. The van der Waals surface area contributed by atoms with Crippen LogP contribution >= 0.6 is 38.6 Å². The number of hydrogen-bond donors (Lipinski definition) is 0. The third-order valence-electron chi connectivity index (χ3n) is 8.78. The number of hydrogen-bond acceptors (Lipinski definition) is 7. The van der Waals surface area contributed by atoms with Gasteiger partial charge in [0, 0.05) is 55.3 Å². The Bertz CT molecular complexity index is 1640. The molecule has 0 radical (unpaired) electrons. The van der Waals surface area contributed by atoms with Crippen LogP contribution in [0.5, 0.6) is 6.01 Å². The average molecular weight is 690 g/mol. The lowest BCUT2D eigenvalue weighted by atomic mass is 10.0. The van der Waals surface area contributed by atoms with Gasteiger partial charge >= 0.3 is 6.01 Å². The van der Waals surface area contributed by atoms with Crippen LogP contribution in [0.4, 0.5) is 20.3 Å². The van der Waals surface area contributed by atoms with Crippen LogP contribution in [-0.2, 0) is 17.8 Å². The van der Waals surface area contributed by atoms with Gasteiger partial charge in [-0.3, -0.25) is 9.69 Å². The highest BCUT2D eigenvalue weighted by atomic mass is 35.5. The quantitative estimate of drug-likeness (QED) is 0.258. The molecule has 9 nitrogen and oxygen atoms in total. The van der Waals surface area contributed by atoms with Crippen LogP contribution in [0.3, 0.4) is 0 Å². The first-order chi connectivity index (χ1) is 21.2. The third-order valence-corrected chi connectivity index (χ3v) is 9.10. The van der Waals surface area contributed by atoms with Gasteiger partial charge in [-0.15, -0.1) is 0 Å². The van der Waals surface area contributed by atoms with E-state index in [1.165, 1.54) is 6.08 Å². The highest BCUT2D eigenvalue weighted by molar-refractivity contribution is 7.59. The molecule has 6 rings (SSSR count). The lowest BCUT2D eigenvalue weighted by Crippen LogP contribution is -2.56. The number of benzene rings is 2. The molecule has 1 aromatic heterocycles. The minimum absolute atomic E-state index is 0. The number of piperazine rings is 1. The van der Waals surface area contributed by atoms with Crippen LogP contribution in [-0.4, -0.2) is 96.6 Å². The predicted molar refractivity (Wildman–Crippen MR) is 187 cm³/mol. The molecular formula is C32H38ClF2N7O2S2. The standard InChI is InChI=1S/C32H34ClF2N7O2.2H2S/c1-4-28(43)42-14-13-41(17-23(42)16-36-2)30-24-11-12-40(27-10-6-8-21-7-5-9-25(33)29(21)27)18-26(24)37-31(38-30)44-19-22-15-32(34,35)20-39(22)3;;/h4-10,22-23H,1,11-20H2,3H3;2*1H2/t22-,23-;;/m0../s1. The predicted octanol–water partition coefficient (Wildman–Crippen LogP) is 4.91. The fraction of sp³-hybridized carbons (Fsp3) is 0.438. The van der Waals surface area contributed by atoms with Crippen LogP contribution in [0.25, 0.3) is 15.6 Å². The van der Waals surface area contributed by atoms with Gasteiger partial charge in [0.2, 0.25) is 12.5 Å². The zero-order valence-corrected chi connectivity index (χ0v) is 28.3. The number of halogens is 3. The second-order valence-electron chi connectivity index (χ2n) is 11.7. The van der Waals surface area contributed by atoms with Crippen molar-refractivity contribution in [1.82, 2.24) is 19.8 Å². The number of ether oxygens (including phenoxy) is 1. The van der Waals surface area contributed by atoms with Gasteiger partial charge in [-0.1, -0.05) is 42.4 Å². The number of nitrogens with zero attached hydrogens (tertiary/aromatic N) is 7. The molecule has 46 heavy (non-hydrogen) atoms. The monoisotopic (exact) mass is 689 g/mol. The molecule has 0 bridgehead atoms. The molecular weight excluding hydrogens is 652 g/mol. The maximum absolute atomic E-state index is 14.1. The van der Waals surface area contributed by atoms with E-state index >= 15 is 0 Å². The number of amides is 1. The molecule has 3 aliphatic rings. The maximum Gasteiger partial charge on any atom is 0.318 e. The summed E-state index contributed by atoms with van der Waals surface area (Å²) >= 11 is 6.66. The lowest BCUT2D eigenvalue weighted by molar-refractivity contribution is -0.128. The van der Waals surface area contributed by atoms with E-state index in [0.29, 0.717) is 50.0 Å². The summed E-state index contributed by atoms with van der Waals surface area (Å²) in [5.74, 6) is -2.26. The Kier molecular flexibility index (Phi) is 11.3. The maximum atomic E-state index is 14.1. The van der Waals surface area contributed by atoms with Gasteiger partial charge in [0.15, 0.2) is 0 Å². The number of carbonyl (C=O) groups is 1. The van der Waals surface area contributed by atoms with Crippen molar-refractivity contribution in [1.29, 1.82) is 0 Å². The van der Waals surface area contributed by atoms with Crippen molar-refractivity contribution in [3.8, 4) is 6.01 Å². The topological polar surface area (TPSA) is 69.4 Å². The number of alkyl halides is 2. The first-order valence-corrected chi connectivity index (χ1v) is 15.1. The normalized spacial score (nSPS) is 20.7. The third kappa shape index (κ3) is 7.15. The van der Waals surface area contributed by atoms with Crippen molar-refractivity contribution in [2.24, 2.45) is 0 Å². The van der Waals surface area contributed by atoms with Crippen LogP contribution in [0.1, 0.15) is 17.7 Å². The highest BCUT2D eigenvalue weighted by Crippen LogP contribution is 2.37. The molecule has 0 aliphatic carbocycles. The summed E-state index contributed by atoms with van der Waals surface area (Å²) in [6.07, 6.45) is 1.65. The van der Waals surface area contributed by atoms with E-state index in [-0.39, 0.29) is 71.1 Å². The van der Waals surface area contributed by atoms with Crippen molar-refractivity contribution < 1.29 is 18.3 Å². The van der Waals surface area contributed by atoms with E-state index in [1.54, 1.807) is 16.8 Å². The Labute approximate surface area is 286 Å². The van der Waals surface area contributed by atoms with E-state index in [4.69, 9.17) is 32.9 Å². The van der Waals surface area contributed by atoms with Gasteiger partial charge in [0.1, 0.15) is 18.5 Å². The zero-order chi connectivity index (χ0) is 31.0. The van der Waals surface area contributed by atoms with E-state index in [1.807, 2.05) is 30.3 Å². The molecule has 2 saturated heterocycles. The molecule has 3 aliphatic heterocycles. The molecule has 0 unspecified atom stereocenters. The minimum Gasteiger partial charge on any atom is -0.462 e. The molecule has 2 fully saturated rings. The molecule has 2 aromatic carbocycles. The van der Waals surface area contributed by atoms with E-state index in [0.717, 1.165) is 27.7 Å². The Morgan fingerprint density at radius 3 is 2.61 bits per heavy atom. The fourth-order valence-corrected chi connectivity index (χ4v) is 6.87. The first kappa shape index (κ1) is 35.5. The van der Waals surface area contributed by atoms with Crippen molar-refractivity contribution in [3.63, 3.8) is 0 Å². The SMILES string of the molecule is S.S.[C-]#[N+]C[C@H]1CN(c2nc(OC[C@@H]3CC(F)(F)CN3C)nc3c2CCN(c2cccc4cccc(Cl)c24)C3)CCN1C(=O)C=C. The van der Waals surface area contributed by atoms with Crippen molar-refractivity contribution in [3.05, 3.63) is 76.8 Å². The van der Waals surface area contributed by atoms with Crippen molar-refractivity contribution in [2.75, 3.05) is 62.7 Å². The molecule has 0 saturated carbocycles. The van der Waals surface area contributed by atoms with Gasteiger partial charge < -0.3 is 24.3 Å². The van der Waals surface area contributed by atoms with Crippen LogP contribution in [0.2, 0.25) is 5.02 Å². The van der Waals surface area contributed by atoms with Crippen molar-refractivity contribution >= 4 is 66.8 Å².